The maximum Gasteiger partial charge on any atom is 0.254 e. The molecule has 0 aliphatic rings. The van der Waals surface area contributed by atoms with Gasteiger partial charge in [0.05, 0.1) is 17.5 Å². The van der Waals surface area contributed by atoms with Gasteiger partial charge in [0.2, 0.25) is 0 Å². The summed E-state index contributed by atoms with van der Waals surface area (Å²) in [6.45, 7) is 2.57. The van der Waals surface area contributed by atoms with E-state index in [-0.39, 0.29) is 16.8 Å². The summed E-state index contributed by atoms with van der Waals surface area (Å²) in [4.78, 5) is 14.7. The van der Waals surface area contributed by atoms with Crippen molar-refractivity contribution in [2.24, 2.45) is 0 Å². The Bertz CT molecular complexity index is 1040. The Morgan fingerprint density at radius 1 is 1.11 bits per heavy atom. The summed E-state index contributed by atoms with van der Waals surface area (Å²) in [6.07, 6.45) is 4.80. The van der Waals surface area contributed by atoms with Gasteiger partial charge in [-0.1, -0.05) is 24.3 Å². The van der Waals surface area contributed by atoms with E-state index < -0.39 is 9.84 Å². The Balaban J connectivity index is 1.70. The van der Waals surface area contributed by atoms with Crippen molar-refractivity contribution in [1.29, 1.82) is 0 Å². The van der Waals surface area contributed by atoms with Gasteiger partial charge in [-0.2, -0.15) is 5.10 Å². The van der Waals surface area contributed by atoms with Crippen molar-refractivity contribution in [3.05, 3.63) is 83.7 Å². The second-order valence-corrected chi connectivity index (χ2v) is 8.85. The molecule has 1 unspecified atom stereocenters. The number of aromatic nitrogens is 2. The number of amides is 1. The first-order valence-electron chi connectivity index (χ1n) is 8.89. The normalized spacial score (nSPS) is 12.5. The van der Waals surface area contributed by atoms with E-state index in [0.717, 1.165) is 11.1 Å². The van der Waals surface area contributed by atoms with Gasteiger partial charge in [-0.3, -0.25) is 9.48 Å². The zero-order chi connectivity index (χ0) is 20.3. The van der Waals surface area contributed by atoms with Gasteiger partial charge in [0.25, 0.3) is 5.91 Å². The molecule has 3 rings (SSSR count). The van der Waals surface area contributed by atoms with Crippen LogP contribution in [-0.4, -0.2) is 42.3 Å². The van der Waals surface area contributed by atoms with Crippen molar-refractivity contribution in [2.45, 2.75) is 24.4 Å². The van der Waals surface area contributed by atoms with Crippen molar-refractivity contribution in [1.82, 2.24) is 14.7 Å². The maximum absolute atomic E-state index is 12.8. The topological polar surface area (TPSA) is 72.3 Å². The lowest BCUT2D eigenvalue weighted by Crippen LogP contribution is -2.29. The number of carbonyl (C=O) groups is 1. The van der Waals surface area contributed by atoms with Gasteiger partial charge in [-0.05, 0) is 48.4 Å². The molecule has 7 heteroatoms. The minimum Gasteiger partial charge on any atom is -0.335 e. The molecule has 0 saturated heterocycles. The Morgan fingerprint density at radius 2 is 1.75 bits per heavy atom. The van der Waals surface area contributed by atoms with Gasteiger partial charge in [0.1, 0.15) is 0 Å². The third kappa shape index (κ3) is 4.48. The molecule has 1 atom stereocenters. The van der Waals surface area contributed by atoms with Gasteiger partial charge in [0, 0.05) is 31.3 Å². The molecule has 3 aromatic rings. The van der Waals surface area contributed by atoms with E-state index in [2.05, 4.69) is 5.10 Å². The first-order chi connectivity index (χ1) is 13.3. The lowest BCUT2D eigenvalue weighted by molar-refractivity contribution is 0.0742. The molecular formula is C21H23N3O3S. The quantitative estimate of drug-likeness (QED) is 0.640. The van der Waals surface area contributed by atoms with Crippen LogP contribution in [-0.2, 0) is 16.4 Å². The Labute approximate surface area is 165 Å². The van der Waals surface area contributed by atoms with Crippen molar-refractivity contribution in [3.8, 4) is 0 Å². The molecule has 0 bridgehead atoms. The molecule has 0 saturated carbocycles. The molecule has 1 amide bonds. The van der Waals surface area contributed by atoms with E-state index in [1.54, 1.807) is 42.4 Å². The standard InChI is InChI=1S/C21H23N3O3S/c1-16(18-9-11-20(12-10-18)28(3,26)27)23(2)21(25)19-7-5-17(6-8-19)15-24-14-4-13-22-24/h4-14,16H,15H2,1-3H3. The average Bonchev–Trinajstić information content (AvgIpc) is 3.19. The second kappa shape index (κ2) is 7.98. The first kappa shape index (κ1) is 19.8. The first-order valence-corrected chi connectivity index (χ1v) is 10.8. The third-order valence-electron chi connectivity index (χ3n) is 4.80. The molecule has 1 heterocycles. The number of hydrogen-bond donors (Lipinski definition) is 0. The number of hydrogen-bond acceptors (Lipinski definition) is 4. The van der Waals surface area contributed by atoms with Crippen LogP contribution in [0.1, 0.15) is 34.5 Å². The minimum absolute atomic E-state index is 0.0923. The van der Waals surface area contributed by atoms with Gasteiger partial charge in [-0.25, -0.2) is 8.42 Å². The maximum atomic E-state index is 12.8. The summed E-state index contributed by atoms with van der Waals surface area (Å²) in [5.41, 5.74) is 2.54. The van der Waals surface area contributed by atoms with Gasteiger partial charge >= 0.3 is 0 Å². The monoisotopic (exact) mass is 397 g/mol. The van der Waals surface area contributed by atoms with E-state index >= 15 is 0 Å². The van der Waals surface area contributed by atoms with E-state index in [4.69, 9.17) is 0 Å². The highest BCUT2D eigenvalue weighted by Gasteiger charge is 2.19. The highest BCUT2D eigenvalue weighted by atomic mass is 32.2. The third-order valence-corrected chi connectivity index (χ3v) is 5.93. The van der Waals surface area contributed by atoms with Crippen LogP contribution in [0.2, 0.25) is 0 Å². The predicted molar refractivity (Wildman–Crippen MR) is 108 cm³/mol. The SMILES string of the molecule is CC(c1ccc(S(C)(=O)=O)cc1)N(C)C(=O)c1ccc(Cn2cccn2)cc1. The summed E-state index contributed by atoms with van der Waals surface area (Å²) in [7, 11) is -1.49. The number of carbonyl (C=O) groups excluding carboxylic acids is 1. The molecule has 28 heavy (non-hydrogen) atoms. The number of benzene rings is 2. The Kier molecular flexibility index (Phi) is 5.65. The summed E-state index contributed by atoms with van der Waals surface area (Å²) in [6, 6.07) is 15.8. The number of nitrogens with zero attached hydrogens (tertiary/aromatic N) is 3. The van der Waals surface area contributed by atoms with E-state index in [1.807, 2.05) is 48.1 Å². The van der Waals surface area contributed by atoms with Crippen molar-refractivity contribution >= 4 is 15.7 Å². The molecule has 2 aromatic carbocycles. The highest BCUT2D eigenvalue weighted by molar-refractivity contribution is 7.90. The fraction of sp³-hybridized carbons (Fsp3) is 0.238. The summed E-state index contributed by atoms with van der Waals surface area (Å²) in [5.74, 6) is -0.0923. The second-order valence-electron chi connectivity index (χ2n) is 6.83. The van der Waals surface area contributed by atoms with Crippen LogP contribution in [0.5, 0.6) is 0 Å². The average molecular weight is 398 g/mol. The van der Waals surface area contributed by atoms with Crippen molar-refractivity contribution in [2.75, 3.05) is 13.3 Å². The molecule has 0 aliphatic heterocycles. The zero-order valence-corrected chi connectivity index (χ0v) is 16.9. The molecule has 0 radical (unpaired) electrons. The molecular weight excluding hydrogens is 374 g/mol. The number of rotatable bonds is 6. The number of sulfone groups is 1. The highest BCUT2D eigenvalue weighted by Crippen LogP contribution is 2.22. The van der Waals surface area contributed by atoms with Crippen LogP contribution < -0.4 is 0 Å². The molecule has 0 aliphatic carbocycles. The largest absolute Gasteiger partial charge is 0.335 e. The van der Waals surface area contributed by atoms with Crippen LogP contribution >= 0.6 is 0 Å². The molecule has 6 nitrogen and oxygen atoms in total. The fourth-order valence-electron chi connectivity index (χ4n) is 2.93. The predicted octanol–water partition coefficient (Wildman–Crippen LogP) is 3.17. The van der Waals surface area contributed by atoms with Crippen molar-refractivity contribution in [3.63, 3.8) is 0 Å². The molecule has 146 valence electrons. The Hall–Kier alpha value is -2.93. The summed E-state index contributed by atoms with van der Waals surface area (Å²) in [5, 5.41) is 4.18. The molecule has 0 spiro atoms. The van der Waals surface area contributed by atoms with Gasteiger partial charge in [0.15, 0.2) is 9.84 Å². The molecule has 1 aromatic heterocycles. The zero-order valence-electron chi connectivity index (χ0n) is 16.1. The lowest BCUT2D eigenvalue weighted by atomic mass is 10.1. The van der Waals surface area contributed by atoms with E-state index in [0.29, 0.717) is 12.1 Å². The van der Waals surface area contributed by atoms with Crippen LogP contribution in [0.4, 0.5) is 0 Å². The summed E-state index contributed by atoms with van der Waals surface area (Å²) < 4.78 is 25.0. The van der Waals surface area contributed by atoms with Crippen LogP contribution in [0, 0.1) is 0 Å². The van der Waals surface area contributed by atoms with Crippen molar-refractivity contribution < 1.29 is 13.2 Å². The van der Waals surface area contributed by atoms with Gasteiger partial charge < -0.3 is 4.90 Å². The summed E-state index contributed by atoms with van der Waals surface area (Å²) >= 11 is 0. The van der Waals surface area contributed by atoms with Crippen LogP contribution in [0.3, 0.4) is 0 Å². The Morgan fingerprint density at radius 3 is 2.29 bits per heavy atom. The lowest BCUT2D eigenvalue weighted by Gasteiger charge is -2.25. The molecule has 0 fully saturated rings. The van der Waals surface area contributed by atoms with Crippen LogP contribution in [0.15, 0.2) is 71.9 Å². The molecule has 0 N–H and O–H groups in total. The van der Waals surface area contributed by atoms with Crippen LogP contribution in [0.25, 0.3) is 0 Å². The minimum atomic E-state index is -3.23. The fourth-order valence-corrected chi connectivity index (χ4v) is 3.56. The van der Waals surface area contributed by atoms with Gasteiger partial charge in [-0.15, -0.1) is 0 Å². The smallest absolute Gasteiger partial charge is 0.254 e. The van der Waals surface area contributed by atoms with E-state index in [9.17, 15) is 13.2 Å². The van der Waals surface area contributed by atoms with E-state index in [1.165, 1.54) is 6.26 Å².